The molecule has 106 valence electrons. The molecule has 0 radical (unpaired) electrons. The van der Waals surface area contributed by atoms with E-state index in [0.29, 0.717) is 11.5 Å². The van der Waals surface area contributed by atoms with Crippen LogP contribution in [0.4, 0.5) is 0 Å². The number of hydrogen-bond acceptors (Lipinski definition) is 4. The van der Waals surface area contributed by atoms with Crippen LogP contribution in [0.1, 0.15) is 5.69 Å². The van der Waals surface area contributed by atoms with Gasteiger partial charge in [0, 0.05) is 6.07 Å². The van der Waals surface area contributed by atoms with Gasteiger partial charge in [-0.3, -0.25) is 0 Å². The number of oxime groups is 1. The second-order valence-corrected chi connectivity index (χ2v) is 3.92. The van der Waals surface area contributed by atoms with Crippen LogP contribution < -0.4 is 38.0 Å². The Bertz CT molecular complexity index is 585. The molecule has 1 heterocycles. The van der Waals surface area contributed by atoms with Crippen LogP contribution in [0, 0.1) is 0 Å². The Balaban J connectivity index is 0.00000200. The summed E-state index contributed by atoms with van der Waals surface area (Å²) in [6.07, 6.45) is 3.18. The van der Waals surface area contributed by atoms with Crippen LogP contribution in [0.2, 0.25) is 0 Å². The van der Waals surface area contributed by atoms with Crippen molar-refractivity contribution in [2.24, 2.45) is 12.2 Å². The second-order valence-electron chi connectivity index (χ2n) is 3.92. The van der Waals surface area contributed by atoms with Crippen LogP contribution in [0.3, 0.4) is 0 Å². The van der Waals surface area contributed by atoms with Crippen molar-refractivity contribution in [1.29, 1.82) is 0 Å². The van der Waals surface area contributed by atoms with Crippen molar-refractivity contribution in [1.82, 2.24) is 0 Å². The Morgan fingerprint density at radius 2 is 1.75 bits per heavy atom. The zero-order chi connectivity index (χ0) is 13.7. The summed E-state index contributed by atoms with van der Waals surface area (Å²) >= 11 is 0. The Labute approximate surface area is 134 Å². The molecule has 0 saturated heterocycles. The number of ether oxygens (including phenoxy) is 2. The number of aryl methyl sites for hydroxylation is 1. The lowest BCUT2D eigenvalue weighted by atomic mass is 10.3. The van der Waals surface area contributed by atoms with Gasteiger partial charge in [-0.1, -0.05) is 5.16 Å². The van der Waals surface area contributed by atoms with Crippen molar-refractivity contribution in [3.8, 4) is 17.2 Å². The van der Waals surface area contributed by atoms with Gasteiger partial charge in [0.25, 0.3) is 0 Å². The lowest BCUT2D eigenvalue weighted by molar-refractivity contribution is -0.672. The van der Waals surface area contributed by atoms with E-state index in [4.69, 9.17) is 14.7 Å². The first-order chi connectivity index (χ1) is 9.22. The molecule has 1 aromatic heterocycles. The van der Waals surface area contributed by atoms with E-state index in [1.807, 2.05) is 48.1 Å². The Morgan fingerprint density at radius 3 is 2.35 bits per heavy atom. The minimum atomic E-state index is 0. The Morgan fingerprint density at radius 1 is 1.10 bits per heavy atom. The predicted molar refractivity (Wildman–Crippen MR) is 70.1 cm³/mol. The number of rotatable bonds is 4. The summed E-state index contributed by atoms with van der Waals surface area (Å²) in [5, 5.41) is 11.6. The van der Waals surface area contributed by atoms with Crippen LogP contribution in [-0.2, 0) is 7.05 Å². The maximum Gasteiger partial charge on any atom is 0.230 e. The first-order valence-electron chi connectivity index (χ1n) is 5.72. The molecule has 0 fully saturated rings. The zero-order valence-electron chi connectivity index (χ0n) is 11.2. The van der Waals surface area contributed by atoms with Gasteiger partial charge in [-0.25, -0.2) is 0 Å². The standard InChI is InChI=1S/C14H14N2O3.HI/c1-16-8-7-14(9-11(16)10-15-17)19-13-5-3-12(18-2)4-6-13;/h3-10H,1-2H3;1H. The molecule has 0 spiro atoms. The highest BCUT2D eigenvalue weighted by Crippen LogP contribution is 2.23. The van der Waals surface area contributed by atoms with Crippen molar-refractivity contribution in [3.05, 3.63) is 48.3 Å². The monoisotopic (exact) mass is 386 g/mol. The van der Waals surface area contributed by atoms with Crippen LogP contribution in [0.5, 0.6) is 17.2 Å². The third-order valence-corrected chi connectivity index (χ3v) is 2.64. The van der Waals surface area contributed by atoms with Gasteiger partial charge in [0.2, 0.25) is 5.69 Å². The van der Waals surface area contributed by atoms with E-state index in [0.717, 1.165) is 11.4 Å². The molecule has 0 unspecified atom stereocenters. The van der Waals surface area contributed by atoms with Gasteiger partial charge >= 0.3 is 0 Å². The van der Waals surface area contributed by atoms with Gasteiger partial charge < -0.3 is 38.7 Å². The highest BCUT2D eigenvalue weighted by Gasteiger charge is 2.07. The second kappa shape index (κ2) is 7.68. The molecule has 0 bridgehead atoms. The molecule has 0 aliphatic rings. The van der Waals surface area contributed by atoms with Crippen LogP contribution in [0.25, 0.3) is 0 Å². The number of benzene rings is 1. The summed E-state index contributed by atoms with van der Waals surface area (Å²) in [7, 11) is 3.47. The topological polar surface area (TPSA) is 54.9 Å². The average molecular weight is 386 g/mol. The number of halogens is 1. The van der Waals surface area contributed by atoms with E-state index in [1.165, 1.54) is 6.21 Å². The number of hydrogen-bond donors (Lipinski definition) is 1. The lowest BCUT2D eigenvalue weighted by Gasteiger charge is -2.06. The fraction of sp³-hybridized carbons (Fsp3) is 0.143. The van der Waals surface area contributed by atoms with Crippen LogP contribution >= 0.6 is 0 Å². The number of aromatic nitrogens is 1. The summed E-state index contributed by atoms with van der Waals surface area (Å²) < 4.78 is 12.6. The molecule has 1 N–H and O–H groups in total. The largest absolute Gasteiger partial charge is 1.00 e. The average Bonchev–Trinajstić information content (AvgIpc) is 2.44. The van der Waals surface area contributed by atoms with Crippen molar-refractivity contribution >= 4 is 6.21 Å². The van der Waals surface area contributed by atoms with Crippen molar-refractivity contribution in [2.75, 3.05) is 7.11 Å². The number of pyridine rings is 1. The molecule has 5 nitrogen and oxygen atoms in total. The van der Waals surface area contributed by atoms with E-state index in [2.05, 4.69) is 5.16 Å². The maximum atomic E-state index is 8.58. The first-order valence-corrected chi connectivity index (χ1v) is 5.72. The van der Waals surface area contributed by atoms with Crippen LogP contribution in [-0.4, -0.2) is 18.5 Å². The highest BCUT2D eigenvalue weighted by molar-refractivity contribution is 5.74. The molecule has 0 atom stereocenters. The molecular formula is C14H15IN2O3. The third-order valence-electron chi connectivity index (χ3n) is 2.64. The Kier molecular flexibility index (Phi) is 6.23. The van der Waals surface area contributed by atoms with E-state index < -0.39 is 0 Å². The molecule has 0 aliphatic heterocycles. The molecule has 20 heavy (non-hydrogen) atoms. The molecule has 0 amide bonds. The van der Waals surface area contributed by atoms with E-state index in [-0.39, 0.29) is 24.0 Å². The summed E-state index contributed by atoms with van der Waals surface area (Å²) in [4.78, 5) is 0. The van der Waals surface area contributed by atoms with Gasteiger partial charge in [0.1, 0.15) is 30.5 Å². The minimum absolute atomic E-state index is 0. The molecule has 2 aromatic rings. The van der Waals surface area contributed by atoms with E-state index in [1.54, 1.807) is 13.2 Å². The molecule has 0 saturated carbocycles. The predicted octanol–water partition coefficient (Wildman–Crippen LogP) is -0.876. The lowest BCUT2D eigenvalue weighted by Crippen LogP contribution is -3.00. The summed E-state index contributed by atoms with van der Waals surface area (Å²) in [5.74, 6) is 2.15. The zero-order valence-corrected chi connectivity index (χ0v) is 13.3. The van der Waals surface area contributed by atoms with Gasteiger partial charge in [-0.2, -0.15) is 4.57 Å². The maximum absolute atomic E-state index is 8.58. The van der Waals surface area contributed by atoms with Crippen molar-refractivity contribution in [3.63, 3.8) is 0 Å². The Hall–Kier alpha value is -1.83. The molecule has 0 aliphatic carbocycles. The number of nitrogens with zero attached hydrogens (tertiary/aromatic N) is 2. The summed E-state index contributed by atoms with van der Waals surface area (Å²) in [6, 6.07) is 10.9. The molecule has 2 rings (SSSR count). The van der Waals surface area contributed by atoms with Crippen molar-refractivity contribution < 1.29 is 43.2 Å². The van der Waals surface area contributed by atoms with Gasteiger partial charge in [-0.15, -0.1) is 0 Å². The fourth-order valence-electron chi connectivity index (χ4n) is 1.60. The smallest absolute Gasteiger partial charge is 0.230 e. The van der Waals surface area contributed by atoms with Crippen molar-refractivity contribution in [2.45, 2.75) is 0 Å². The molecule has 6 heteroatoms. The highest BCUT2D eigenvalue weighted by atomic mass is 127. The van der Waals surface area contributed by atoms with E-state index in [9.17, 15) is 0 Å². The van der Waals surface area contributed by atoms with Gasteiger partial charge in [0.05, 0.1) is 13.2 Å². The minimum Gasteiger partial charge on any atom is -1.00 e. The normalized spacial score (nSPS) is 10.1. The number of methoxy groups -OCH3 is 1. The SMILES string of the molecule is COc1ccc(Oc2cc[n+](C)c(/C=N/O)c2)cc1.[I-]. The molecular weight excluding hydrogens is 371 g/mol. The third kappa shape index (κ3) is 4.09. The quantitative estimate of drug-likeness (QED) is 0.244. The van der Waals surface area contributed by atoms with Gasteiger partial charge in [0.15, 0.2) is 6.20 Å². The first kappa shape index (κ1) is 16.2. The molecule has 1 aromatic carbocycles. The van der Waals surface area contributed by atoms with Crippen LogP contribution in [0.15, 0.2) is 47.8 Å². The summed E-state index contributed by atoms with van der Waals surface area (Å²) in [5.41, 5.74) is 0.730. The summed E-state index contributed by atoms with van der Waals surface area (Å²) in [6.45, 7) is 0. The van der Waals surface area contributed by atoms with Gasteiger partial charge in [-0.05, 0) is 24.3 Å². The fourth-order valence-corrected chi connectivity index (χ4v) is 1.60. The van der Waals surface area contributed by atoms with E-state index >= 15 is 0 Å².